The number of nitrogens with one attached hydrogen (secondary N) is 1. The number of nitriles is 1. The smallest absolute Gasteiger partial charge is 0.250 e. The highest BCUT2D eigenvalue weighted by molar-refractivity contribution is 6.31. The molecule has 0 saturated heterocycles. The number of halogens is 1. The Kier molecular flexibility index (Phi) is 4.42. The standard InChI is InChI=1S/C4H3NO2.C3H2ClN/c6-3-1-2-4(7)5-3;1-3(4)2-5/h1-2H,(H,5,6,7);1H2. The van der Waals surface area contributed by atoms with Crippen LogP contribution < -0.4 is 5.32 Å². The van der Waals surface area contributed by atoms with Crippen LogP contribution in [0.4, 0.5) is 0 Å². The number of amides is 2. The Morgan fingerprint density at radius 3 is 1.92 bits per heavy atom. The third-order valence-electron chi connectivity index (χ3n) is 0.754. The number of rotatable bonds is 0. The van der Waals surface area contributed by atoms with Gasteiger partial charge in [0.05, 0.1) is 0 Å². The number of nitrogens with zero attached hydrogens (tertiary/aromatic N) is 1. The van der Waals surface area contributed by atoms with Crippen LogP contribution in [0.1, 0.15) is 0 Å². The van der Waals surface area contributed by atoms with Crippen LogP contribution in [0.25, 0.3) is 0 Å². The van der Waals surface area contributed by atoms with Gasteiger partial charge in [-0.2, -0.15) is 5.26 Å². The summed E-state index contributed by atoms with van der Waals surface area (Å²) in [6, 6.07) is 1.60. The normalized spacial score (nSPS) is 12.7. The predicted molar refractivity (Wildman–Crippen MR) is 42.9 cm³/mol. The maximum atomic E-state index is 10.0. The van der Waals surface area contributed by atoms with Gasteiger partial charge in [-0.25, -0.2) is 0 Å². The number of allylic oxidation sites excluding steroid dienone is 1. The van der Waals surface area contributed by atoms with Crippen molar-refractivity contribution in [2.24, 2.45) is 0 Å². The molecule has 5 heteroatoms. The van der Waals surface area contributed by atoms with Gasteiger partial charge in [0.1, 0.15) is 11.1 Å². The number of hydrogen-bond donors (Lipinski definition) is 1. The van der Waals surface area contributed by atoms with Gasteiger partial charge in [-0.1, -0.05) is 18.2 Å². The molecule has 1 N–H and O–H groups in total. The van der Waals surface area contributed by atoms with Crippen molar-refractivity contribution in [3.8, 4) is 6.07 Å². The topological polar surface area (TPSA) is 70.0 Å². The second kappa shape index (κ2) is 5.10. The molecule has 2 amide bonds. The molecular weight excluding hydrogens is 180 g/mol. The van der Waals surface area contributed by atoms with Gasteiger partial charge in [0.2, 0.25) is 0 Å². The van der Waals surface area contributed by atoms with Crippen LogP contribution in [0.2, 0.25) is 0 Å². The molecule has 0 aromatic heterocycles. The third kappa shape index (κ3) is 5.21. The summed E-state index contributed by atoms with van der Waals surface area (Å²) in [5, 5.41) is 9.72. The molecule has 0 unspecified atom stereocenters. The first-order valence-electron chi connectivity index (χ1n) is 2.84. The summed E-state index contributed by atoms with van der Waals surface area (Å²) < 4.78 is 0. The molecule has 0 atom stereocenters. The largest absolute Gasteiger partial charge is 0.289 e. The lowest BCUT2D eigenvalue weighted by molar-refractivity contribution is -0.123. The molecule has 0 aromatic carbocycles. The summed E-state index contributed by atoms with van der Waals surface area (Å²) in [5.41, 5.74) is 0. The van der Waals surface area contributed by atoms with E-state index in [0.717, 1.165) is 0 Å². The van der Waals surface area contributed by atoms with Crippen molar-refractivity contribution in [3.63, 3.8) is 0 Å². The molecule has 0 spiro atoms. The maximum Gasteiger partial charge on any atom is 0.250 e. The van der Waals surface area contributed by atoms with E-state index in [0.29, 0.717) is 0 Å². The van der Waals surface area contributed by atoms with Gasteiger partial charge >= 0.3 is 0 Å². The molecule has 0 bridgehead atoms. The van der Waals surface area contributed by atoms with E-state index in [1.54, 1.807) is 6.07 Å². The van der Waals surface area contributed by atoms with E-state index in [1.807, 2.05) is 5.32 Å². The minimum Gasteiger partial charge on any atom is -0.289 e. The lowest BCUT2D eigenvalue weighted by Gasteiger charge is -1.80. The van der Waals surface area contributed by atoms with E-state index in [-0.39, 0.29) is 16.8 Å². The van der Waals surface area contributed by atoms with Crippen LogP contribution in [0.5, 0.6) is 0 Å². The number of carbonyl (C=O) groups excluding carboxylic acids is 2. The Labute approximate surface area is 74.1 Å². The van der Waals surface area contributed by atoms with Gasteiger partial charge in [-0.3, -0.25) is 14.9 Å². The summed E-state index contributed by atoms with van der Waals surface area (Å²) in [5.74, 6) is -0.657. The molecule has 1 rings (SSSR count). The van der Waals surface area contributed by atoms with Gasteiger partial charge in [-0.15, -0.1) is 0 Å². The lowest BCUT2D eigenvalue weighted by Crippen LogP contribution is -2.19. The molecule has 0 aliphatic carbocycles. The molecular formula is C7H5ClN2O2. The van der Waals surface area contributed by atoms with Crippen molar-refractivity contribution >= 4 is 23.4 Å². The van der Waals surface area contributed by atoms with Gasteiger partial charge in [-0.05, 0) is 0 Å². The van der Waals surface area contributed by atoms with Crippen LogP contribution in [0.3, 0.4) is 0 Å². The highest BCUT2D eigenvalue weighted by Crippen LogP contribution is 1.88. The molecule has 12 heavy (non-hydrogen) atoms. The molecule has 1 aliphatic rings. The van der Waals surface area contributed by atoms with Crippen LogP contribution in [-0.2, 0) is 9.59 Å². The zero-order chi connectivity index (χ0) is 9.56. The lowest BCUT2D eigenvalue weighted by atomic mass is 10.6. The number of imide groups is 1. The fraction of sp³-hybridized carbons (Fsp3) is 0. The van der Waals surface area contributed by atoms with Crippen molar-refractivity contribution in [1.29, 1.82) is 5.26 Å². The van der Waals surface area contributed by atoms with Crippen LogP contribution in [-0.4, -0.2) is 11.8 Å². The highest BCUT2D eigenvalue weighted by atomic mass is 35.5. The summed E-state index contributed by atoms with van der Waals surface area (Å²) >= 11 is 4.91. The molecule has 0 aromatic rings. The number of hydrogen-bond acceptors (Lipinski definition) is 3. The molecule has 1 heterocycles. The predicted octanol–water partition coefficient (Wildman–Crippen LogP) is 0.461. The summed E-state index contributed by atoms with van der Waals surface area (Å²) in [4.78, 5) is 20.1. The fourth-order valence-electron chi connectivity index (χ4n) is 0.356. The second-order valence-electron chi connectivity index (χ2n) is 1.70. The van der Waals surface area contributed by atoms with Crippen molar-refractivity contribution in [2.75, 3.05) is 0 Å². The second-order valence-corrected chi connectivity index (χ2v) is 2.16. The van der Waals surface area contributed by atoms with Crippen LogP contribution in [0.15, 0.2) is 23.8 Å². The Bertz CT molecular complexity index is 272. The van der Waals surface area contributed by atoms with E-state index >= 15 is 0 Å². The molecule has 1 aliphatic heterocycles. The zero-order valence-electron chi connectivity index (χ0n) is 6.00. The zero-order valence-corrected chi connectivity index (χ0v) is 6.76. The Morgan fingerprint density at radius 1 is 1.50 bits per heavy atom. The Hall–Kier alpha value is -1.60. The van der Waals surface area contributed by atoms with Crippen molar-refractivity contribution < 1.29 is 9.59 Å². The van der Waals surface area contributed by atoms with Crippen molar-refractivity contribution in [2.45, 2.75) is 0 Å². The van der Waals surface area contributed by atoms with Crippen molar-refractivity contribution in [1.82, 2.24) is 5.32 Å². The van der Waals surface area contributed by atoms with Gasteiger partial charge in [0, 0.05) is 12.2 Å². The van der Waals surface area contributed by atoms with Crippen molar-refractivity contribution in [3.05, 3.63) is 23.8 Å². The van der Waals surface area contributed by atoms with E-state index in [1.165, 1.54) is 12.2 Å². The minimum atomic E-state index is -0.329. The van der Waals surface area contributed by atoms with E-state index < -0.39 is 0 Å². The van der Waals surface area contributed by atoms with Crippen LogP contribution in [0, 0.1) is 11.3 Å². The first-order chi connectivity index (χ1) is 5.56. The Balaban J connectivity index is 0.000000217. The fourth-order valence-corrected chi connectivity index (χ4v) is 0.356. The average Bonchev–Trinajstić information content (AvgIpc) is 2.36. The average molecular weight is 185 g/mol. The summed E-state index contributed by atoms with van der Waals surface area (Å²) in [6.07, 6.45) is 2.39. The monoisotopic (exact) mass is 184 g/mol. The highest BCUT2D eigenvalue weighted by Gasteiger charge is 2.06. The maximum absolute atomic E-state index is 10.0. The summed E-state index contributed by atoms with van der Waals surface area (Å²) in [6.45, 7) is 3.08. The van der Waals surface area contributed by atoms with Gasteiger partial charge in [0.15, 0.2) is 0 Å². The van der Waals surface area contributed by atoms with Crippen LogP contribution >= 0.6 is 11.6 Å². The minimum absolute atomic E-state index is 0.0324. The SMILES string of the molecule is C=C(Cl)C#N.O=C1C=CC(=O)N1. The number of carbonyl (C=O) groups is 2. The van der Waals surface area contributed by atoms with E-state index in [2.05, 4.69) is 6.58 Å². The summed E-state index contributed by atoms with van der Waals surface area (Å²) in [7, 11) is 0. The molecule has 4 nitrogen and oxygen atoms in total. The van der Waals surface area contributed by atoms with E-state index in [4.69, 9.17) is 16.9 Å². The molecule has 0 fully saturated rings. The molecule has 0 saturated carbocycles. The van der Waals surface area contributed by atoms with Gasteiger partial charge < -0.3 is 0 Å². The van der Waals surface area contributed by atoms with E-state index in [9.17, 15) is 9.59 Å². The first kappa shape index (κ1) is 10.4. The molecule has 0 radical (unpaired) electrons. The third-order valence-corrected chi connectivity index (χ3v) is 0.838. The van der Waals surface area contributed by atoms with Gasteiger partial charge in [0.25, 0.3) is 11.8 Å². The molecule has 62 valence electrons. The Morgan fingerprint density at radius 2 is 1.83 bits per heavy atom. The quantitative estimate of drug-likeness (QED) is 0.439. The first-order valence-corrected chi connectivity index (χ1v) is 3.21.